The Balaban J connectivity index is 1.28. The Morgan fingerprint density at radius 2 is 1.62 bits per heavy atom. The monoisotopic (exact) mass is 474 g/mol. The lowest BCUT2D eigenvalue weighted by atomic mass is 10.1. The summed E-state index contributed by atoms with van der Waals surface area (Å²) in [4.78, 5) is 14.6. The maximum atomic E-state index is 6.05. The summed E-state index contributed by atoms with van der Waals surface area (Å²) in [7, 11) is 1.70. The van der Waals surface area contributed by atoms with Gasteiger partial charge >= 0.3 is 0 Å². The second-order valence-corrected chi connectivity index (χ2v) is 9.37. The number of hydrogen-bond acceptors (Lipinski definition) is 6. The van der Waals surface area contributed by atoms with E-state index in [1.165, 1.54) is 22.8 Å². The van der Waals surface area contributed by atoms with Gasteiger partial charge in [-0.2, -0.15) is 9.50 Å². The van der Waals surface area contributed by atoms with Crippen molar-refractivity contribution in [1.82, 2.24) is 19.6 Å². The van der Waals surface area contributed by atoms with Gasteiger partial charge in [-0.05, 0) is 61.2 Å². The highest BCUT2D eigenvalue weighted by atomic mass is 35.5. The molecule has 1 fully saturated rings. The van der Waals surface area contributed by atoms with Gasteiger partial charge in [0.15, 0.2) is 5.82 Å². The summed E-state index contributed by atoms with van der Waals surface area (Å²) in [6, 6.07) is 16.2. The van der Waals surface area contributed by atoms with Gasteiger partial charge in [0.25, 0.3) is 5.78 Å². The van der Waals surface area contributed by atoms with Gasteiger partial charge in [0, 0.05) is 48.9 Å². The zero-order valence-corrected chi connectivity index (χ0v) is 20.0. The third-order valence-electron chi connectivity index (χ3n) is 6.82. The number of methoxy groups -OCH3 is 1. The summed E-state index contributed by atoms with van der Waals surface area (Å²) in [5.41, 5.74) is 4.90. The molecule has 0 spiro atoms. The fourth-order valence-corrected chi connectivity index (χ4v) is 5.18. The van der Waals surface area contributed by atoms with Crippen LogP contribution in [0.5, 0.6) is 5.75 Å². The molecule has 0 N–H and O–H groups in total. The van der Waals surface area contributed by atoms with Crippen molar-refractivity contribution in [3.05, 3.63) is 76.2 Å². The number of anilines is 2. The average Bonchev–Trinajstić information content (AvgIpc) is 3.50. The third kappa shape index (κ3) is 3.94. The third-order valence-corrected chi connectivity index (χ3v) is 7.07. The largest absolute Gasteiger partial charge is 0.497 e. The molecule has 0 amide bonds. The second kappa shape index (κ2) is 8.80. The molecule has 1 aliphatic heterocycles. The molecule has 2 aliphatic rings. The minimum absolute atomic E-state index is 0.663. The summed E-state index contributed by atoms with van der Waals surface area (Å²) in [5, 5.41) is 5.66. The van der Waals surface area contributed by atoms with E-state index in [0.29, 0.717) is 12.2 Å². The van der Waals surface area contributed by atoms with Gasteiger partial charge in [0.05, 0.1) is 12.8 Å². The van der Waals surface area contributed by atoms with E-state index < -0.39 is 0 Å². The van der Waals surface area contributed by atoms with Gasteiger partial charge in [-0.25, -0.2) is 4.98 Å². The summed E-state index contributed by atoms with van der Waals surface area (Å²) in [6.07, 6.45) is 3.88. The van der Waals surface area contributed by atoms with Gasteiger partial charge in [0.1, 0.15) is 11.6 Å². The second-order valence-electron chi connectivity index (χ2n) is 8.93. The highest BCUT2D eigenvalue weighted by Crippen LogP contribution is 2.32. The Labute approximate surface area is 204 Å². The molecule has 2 aromatic carbocycles. The highest BCUT2D eigenvalue weighted by molar-refractivity contribution is 6.30. The Morgan fingerprint density at radius 3 is 2.35 bits per heavy atom. The first-order chi connectivity index (χ1) is 16.7. The summed E-state index contributed by atoms with van der Waals surface area (Å²) in [6.45, 7) is 3.78. The van der Waals surface area contributed by atoms with Crippen LogP contribution in [0.4, 0.5) is 11.5 Å². The molecule has 0 unspecified atom stereocenters. The maximum absolute atomic E-state index is 6.05. The Kier molecular flexibility index (Phi) is 5.49. The molecule has 0 radical (unpaired) electrons. The molecule has 8 heteroatoms. The highest BCUT2D eigenvalue weighted by Gasteiger charge is 2.28. The number of hydrogen-bond donors (Lipinski definition) is 0. The Bertz CT molecular complexity index is 1310. The number of nitrogens with zero attached hydrogens (tertiary/aromatic N) is 6. The quantitative estimate of drug-likeness (QED) is 0.432. The number of halogens is 1. The fraction of sp³-hybridized carbons (Fsp3) is 0.346. The van der Waals surface area contributed by atoms with Crippen molar-refractivity contribution in [3.8, 4) is 5.75 Å². The minimum Gasteiger partial charge on any atom is -0.497 e. The van der Waals surface area contributed by atoms with Gasteiger partial charge in [-0.3, -0.25) is 0 Å². The van der Waals surface area contributed by atoms with Crippen LogP contribution in [0.3, 0.4) is 0 Å². The molecule has 0 atom stereocenters. The molecule has 3 heterocycles. The number of benzene rings is 2. The molecular formula is C26H27ClN6O. The van der Waals surface area contributed by atoms with Gasteiger partial charge in [-0.15, -0.1) is 5.10 Å². The van der Waals surface area contributed by atoms with Crippen molar-refractivity contribution in [3.63, 3.8) is 0 Å². The van der Waals surface area contributed by atoms with E-state index in [1.54, 1.807) is 7.11 Å². The first-order valence-electron chi connectivity index (χ1n) is 11.8. The van der Waals surface area contributed by atoms with Crippen LogP contribution >= 0.6 is 11.6 Å². The van der Waals surface area contributed by atoms with E-state index in [-0.39, 0.29) is 0 Å². The molecule has 7 nitrogen and oxygen atoms in total. The number of aromatic nitrogens is 4. The summed E-state index contributed by atoms with van der Waals surface area (Å²) < 4.78 is 7.29. The smallest absolute Gasteiger partial charge is 0.254 e. The first kappa shape index (κ1) is 21.2. The molecule has 34 heavy (non-hydrogen) atoms. The molecule has 1 saturated heterocycles. The van der Waals surface area contributed by atoms with Crippen LogP contribution < -0.4 is 14.5 Å². The van der Waals surface area contributed by atoms with E-state index in [2.05, 4.69) is 21.9 Å². The van der Waals surface area contributed by atoms with Crippen molar-refractivity contribution in [2.45, 2.75) is 25.7 Å². The number of aryl methyl sites for hydroxylation is 1. The first-order valence-corrected chi connectivity index (χ1v) is 12.2. The van der Waals surface area contributed by atoms with Crippen molar-refractivity contribution in [1.29, 1.82) is 0 Å². The van der Waals surface area contributed by atoms with E-state index in [0.717, 1.165) is 67.6 Å². The normalized spacial score (nSPS) is 15.7. The van der Waals surface area contributed by atoms with Crippen molar-refractivity contribution < 1.29 is 4.74 Å². The molecule has 0 saturated carbocycles. The van der Waals surface area contributed by atoms with Crippen LogP contribution in [-0.2, 0) is 19.3 Å². The van der Waals surface area contributed by atoms with Crippen LogP contribution in [-0.4, -0.2) is 52.9 Å². The zero-order chi connectivity index (χ0) is 23.1. The minimum atomic E-state index is 0.663. The van der Waals surface area contributed by atoms with Crippen LogP contribution in [0.25, 0.3) is 5.78 Å². The van der Waals surface area contributed by atoms with Gasteiger partial charge in [0.2, 0.25) is 0 Å². The lowest BCUT2D eigenvalue weighted by Crippen LogP contribution is -2.47. The Hall–Kier alpha value is -3.32. The molecule has 6 rings (SSSR count). The molecule has 1 aliphatic carbocycles. The van der Waals surface area contributed by atoms with Gasteiger partial charge < -0.3 is 14.5 Å². The zero-order valence-electron chi connectivity index (χ0n) is 19.2. The molecule has 2 aromatic heterocycles. The summed E-state index contributed by atoms with van der Waals surface area (Å²) >= 11 is 6.05. The van der Waals surface area contributed by atoms with Crippen molar-refractivity contribution in [2.75, 3.05) is 43.1 Å². The average molecular weight is 475 g/mol. The fourth-order valence-electron chi connectivity index (χ4n) is 5.05. The summed E-state index contributed by atoms with van der Waals surface area (Å²) in [5.74, 6) is 3.56. The Morgan fingerprint density at radius 1 is 0.882 bits per heavy atom. The van der Waals surface area contributed by atoms with Crippen molar-refractivity contribution in [2.24, 2.45) is 0 Å². The van der Waals surface area contributed by atoms with Crippen LogP contribution in [0.2, 0.25) is 5.02 Å². The molecule has 4 aromatic rings. The van der Waals surface area contributed by atoms with E-state index in [1.807, 2.05) is 40.9 Å². The molecule has 174 valence electrons. The predicted molar refractivity (Wildman–Crippen MR) is 134 cm³/mol. The predicted octanol–water partition coefficient (Wildman–Crippen LogP) is 4.19. The van der Waals surface area contributed by atoms with E-state index in [9.17, 15) is 0 Å². The van der Waals surface area contributed by atoms with Crippen LogP contribution in [0.15, 0.2) is 48.5 Å². The van der Waals surface area contributed by atoms with Crippen molar-refractivity contribution >= 4 is 28.9 Å². The number of fused-ring (bicyclic) bond motifs is 2. The topological polar surface area (TPSA) is 58.8 Å². The van der Waals surface area contributed by atoms with Gasteiger partial charge in [-0.1, -0.05) is 23.7 Å². The van der Waals surface area contributed by atoms with E-state index in [4.69, 9.17) is 31.4 Å². The van der Waals surface area contributed by atoms with Crippen LogP contribution in [0.1, 0.15) is 29.1 Å². The van der Waals surface area contributed by atoms with Crippen LogP contribution in [0, 0.1) is 0 Å². The number of rotatable bonds is 5. The maximum Gasteiger partial charge on any atom is 0.254 e. The number of piperazine rings is 1. The lowest BCUT2D eigenvalue weighted by Gasteiger charge is -2.38. The standard InChI is InChI=1S/C26H27ClN6O/c1-34-21-11-9-20(10-12-21)31-13-15-32(16-14-31)25-22-3-2-4-23(22)28-26-29-24(30-33(25)26)17-18-5-7-19(27)8-6-18/h5-12H,2-4,13-17H2,1H3. The molecule has 0 bridgehead atoms. The SMILES string of the molecule is COc1ccc(N2CCN(c3c4c(nc5nc(Cc6ccc(Cl)cc6)nn35)CCC4)CC2)cc1. The number of ether oxygens (including phenoxy) is 1. The lowest BCUT2D eigenvalue weighted by molar-refractivity contribution is 0.415. The molecular weight excluding hydrogens is 448 g/mol. The van der Waals surface area contributed by atoms with E-state index >= 15 is 0 Å².